The van der Waals surface area contributed by atoms with Gasteiger partial charge in [-0.3, -0.25) is 15.0 Å². The van der Waals surface area contributed by atoms with Crippen molar-refractivity contribution in [1.82, 2.24) is 10.2 Å². The third kappa shape index (κ3) is 3.93. The van der Waals surface area contributed by atoms with Crippen LogP contribution in [0.2, 0.25) is 0 Å². The van der Waals surface area contributed by atoms with Crippen LogP contribution in [0.1, 0.15) is 21.5 Å². The number of carbonyl (C=O) groups is 1. The molecule has 4 rings (SSSR count). The van der Waals surface area contributed by atoms with Crippen LogP contribution in [-0.4, -0.2) is 26.4 Å². The van der Waals surface area contributed by atoms with Gasteiger partial charge in [0.2, 0.25) is 0 Å². The Kier molecular flexibility index (Phi) is 5.43. The molecule has 0 amide bonds. The predicted octanol–water partition coefficient (Wildman–Crippen LogP) is 5.47. The van der Waals surface area contributed by atoms with E-state index in [0.717, 1.165) is 16.7 Å². The Morgan fingerprint density at radius 3 is 2.41 bits per heavy atom. The third-order valence-corrected chi connectivity index (χ3v) is 5.24. The molecule has 0 saturated heterocycles. The highest BCUT2D eigenvalue weighted by Gasteiger charge is 2.15. The van der Waals surface area contributed by atoms with Gasteiger partial charge in [-0.1, -0.05) is 36.4 Å². The topological polar surface area (TPSA) is 131 Å². The summed E-state index contributed by atoms with van der Waals surface area (Å²) < 4.78 is 0. The molecule has 8 nitrogen and oxygen atoms in total. The summed E-state index contributed by atoms with van der Waals surface area (Å²) in [6.07, 6.45) is 0. The highest BCUT2D eigenvalue weighted by atomic mass is 16.4. The number of hydrogen-bond acceptors (Lipinski definition) is 5. The van der Waals surface area contributed by atoms with E-state index in [0.29, 0.717) is 22.5 Å². The van der Waals surface area contributed by atoms with Crippen molar-refractivity contribution in [2.45, 2.75) is 13.8 Å². The molecule has 8 heteroatoms. The number of nitrogens with one attached hydrogen (secondary N) is 2. The van der Waals surface area contributed by atoms with E-state index in [1.54, 1.807) is 36.4 Å². The number of nitrogens with zero attached hydrogens (tertiary/aromatic N) is 2. The molecule has 1 aromatic heterocycles. The summed E-state index contributed by atoms with van der Waals surface area (Å²) in [5.41, 5.74) is 4.50. The zero-order chi connectivity index (χ0) is 22.8. The fourth-order valence-electron chi connectivity index (χ4n) is 3.34. The lowest BCUT2D eigenvalue weighted by Crippen LogP contribution is -1.97. The van der Waals surface area contributed by atoms with Gasteiger partial charge in [0.15, 0.2) is 5.69 Å². The van der Waals surface area contributed by atoms with Crippen LogP contribution in [0, 0.1) is 13.8 Å². The van der Waals surface area contributed by atoms with Gasteiger partial charge in [0.25, 0.3) is 5.56 Å². The first-order chi connectivity index (χ1) is 15.3. The van der Waals surface area contributed by atoms with Gasteiger partial charge in [-0.15, -0.1) is 5.11 Å². The first-order valence-electron chi connectivity index (χ1n) is 9.81. The highest BCUT2D eigenvalue weighted by Crippen LogP contribution is 2.34. The average molecular weight is 428 g/mol. The standard InChI is InChI=1S/C24H20N4O4/c1-13-9-10-16(11-14(13)2)20-21(23(30)28-26-20)27-25-17-6-3-5-15(12-17)18-7-4-8-19(22(18)29)24(31)32/h3-12,29H,1-2H3,(H,31,32)(H2,26,28,30). The maximum atomic E-state index is 12.3. The molecule has 0 radical (unpaired) electrons. The molecule has 0 unspecified atom stereocenters. The van der Waals surface area contributed by atoms with E-state index in [9.17, 15) is 19.8 Å². The van der Waals surface area contributed by atoms with Crippen LogP contribution < -0.4 is 5.56 Å². The number of aryl methyl sites for hydroxylation is 2. The van der Waals surface area contributed by atoms with Crippen molar-refractivity contribution >= 4 is 17.3 Å². The second-order valence-electron chi connectivity index (χ2n) is 7.36. The fourth-order valence-corrected chi connectivity index (χ4v) is 3.34. The zero-order valence-electron chi connectivity index (χ0n) is 17.4. The smallest absolute Gasteiger partial charge is 0.339 e. The monoisotopic (exact) mass is 428 g/mol. The largest absolute Gasteiger partial charge is 0.506 e. The lowest BCUT2D eigenvalue weighted by Gasteiger charge is -2.07. The maximum absolute atomic E-state index is 12.3. The predicted molar refractivity (Wildman–Crippen MR) is 121 cm³/mol. The minimum atomic E-state index is -1.22. The summed E-state index contributed by atoms with van der Waals surface area (Å²) in [7, 11) is 0. The molecule has 0 atom stereocenters. The van der Waals surface area contributed by atoms with Gasteiger partial charge in [0, 0.05) is 11.1 Å². The quantitative estimate of drug-likeness (QED) is 0.314. The van der Waals surface area contributed by atoms with Crippen LogP contribution in [0.15, 0.2) is 75.7 Å². The number of phenols is 1. The van der Waals surface area contributed by atoms with Crippen LogP contribution in [0.3, 0.4) is 0 Å². The molecule has 0 aliphatic carbocycles. The molecule has 0 saturated carbocycles. The van der Waals surface area contributed by atoms with Crippen molar-refractivity contribution in [3.8, 4) is 28.1 Å². The van der Waals surface area contributed by atoms with E-state index in [1.165, 1.54) is 6.07 Å². The van der Waals surface area contributed by atoms with Crippen molar-refractivity contribution < 1.29 is 15.0 Å². The third-order valence-electron chi connectivity index (χ3n) is 5.24. The highest BCUT2D eigenvalue weighted by molar-refractivity contribution is 5.94. The minimum absolute atomic E-state index is 0.148. The molecule has 3 aromatic carbocycles. The van der Waals surface area contributed by atoms with Crippen LogP contribution in [0.5, 0.6) is 5.75 Å². The Bertz CT molecular complexity index is 1420. The van der Waals surface area contributed by atoms with Gasteiger partial charge >= 0.3 is 5.97 Å². The van der Waals surface area contributed by atoms with Crippen LogP contribution in [0.25, 0.3) is 22.4 Å². The molecule has 0 spiro atoms. The zero-order valence-corrected chi connectivity index (χ0v) is 17.4. The summed E-state index contributed by atoms with van der Waals surface area (Å²) >= 11 is 0. The molecule has 32 heavy (non-hydrogen) atoms. The molecule has 0 aliphatic heterocycles. The van der Waals surface area contributed by atoms with Gasteiger partial charge < -0.3 is 10.2 Å². The number of para-hydroxylation sites is 1. The SMILES string of the molecule is Cc1ccc(-c2[nH][nH]c(=O)c2N=Nc2cccc(-c3cccc(C(=O)O)c3O)c2)cc1C. The molecule has 4 N–H and O–H groups in total. The van der Waals surface area contributed by atoms with Crippen molar-refractivity contribution in [1.29, 1.82) is 0 Å². The Morgan fingerprint density at radius 1 is 0.875 bits per heavy atom. The fraction of sp³-hybridized carbons (Fsp3) is 0.0833. The first kappa shape index (κ1) is 20.8. The Labute approximate surface area is 182 Å². The lowest BCUT2D eigenvalue weighted by atomic mass is 10.0. The number of H-pyrrole nitrogens is 2. The average Bonchev–Trinajstić information content (AvgIpc) is 3.14. The van der Waals surface area contributed by atoms with Crippen LogP contribution >= 0.6 is 0 Å². The van der Waals surface area contributed by atoms with Crippen molar-refractivity contribution in [2.24, 2.45) is 10.2 Å². The maximum Gasteiger partial charge on any atom is 0.339 e. The van der Waals surface area contributed by atoms with E-state index in [-0.39, 0.29) is 17.0 Å². The number of carboxylic acids is 1. The second-order valence-corrected chi connectivity index (χ2v) is 7.36. The number of aromatic hydroxyl groups is 1. The molecule has 0 bridgehead atoms. The molecule has 0 aliphatic rings. The molecular formula is C24H20N4O4. The second kappa shape index (κ2) is 8.35. The summed E-state index contributed by atoms with van der Waals surface area (Å²) in [5, 5.41) is 33.3. The summed E-state index contributed by atoms with van der Waals surface area (Å²) in [5.74, 6) is -1.54. The van der Waals surface area contributed by atoms with Gasteiger partial charge in [0.1, 0.15) is 11.3 Å². The summed E-state index contributed by atoms with van der Waals surface area (Å²) in [6, 6.07) is 17.1. The number of benzene rings is 3. The molecule has 1 heterocycles. The first-order valence-corrected chi connectivity index (χ1v) is 9.81. The Morgan fingerprint density at radius 2 is 1.66 bits per heavy atom. The van der Waals surface area contributed by atoms with Gasteiger partial charge in [0.05, 0.1) is 11.4 Å². The van der Waals surface area contributed by atoms with E-state index in [1.807, 2.05) is 32.0 Å². The van der Waals surface area contributed by atoms with Crippen molar-refractivity contribution in [2.75, 3.05) is 0 Å². The normalized spacial score (nSPS) is 11.2. The van der Waals surface area contributed by atoms with Crippen LogP contribution in [0.4, 0.5) is 11.4 Å². The van der Waals surface area contributed by atoms with E-state index >= 15 is 0 Å². The number of carboxylic acid groups (broad SMARTS) is 1. The number of rotatable bonds is 5. The van der Waals surface area contributed by atoms with Crippen molar-refractivity contribution in [3.63, 3.8) is 0 Å². The van der Waals surface area contributed by atoms with Crippen LogP contribution in [-0.2, 0) is 0 Å². The van der Waals surface area contributed by atoms with Gasteiger partial charge in [-0.2, -0.15) is 5.11 Å². The summed E-state index contributed by atoms with van der Waals surface area (Å²) in [6.45, 7) is 4.00. The van der Waals surface area contributed by atoms with E-state index in [4.69, 9.17) is 0 Å². The number of aromatic nitrogens is 2. The lowest BCUT2D eigenvalue weighted by molar-refractivity contribution is 0.0694. The van der Waals surface area contributed by atoms with Gasteiger partial charge in [-0.05, 0) is 54.8 Å². The molecule has 0 fully saturated rings. The molecule has 4 aromatic rings. The number of aromatic amines is 2. The van der Waals surface area contributed by atoms with E-state index in [2.05, 4.69) is 20.4 Å². The minimum Gasteiger partial charge on any atom is -0.506 e. The number of hydrogen-bond donors (Lipinski definition) is 4. The van der Waals surface area contributed by atoms with Crippen molar-refractivity contribution in [3.05, 3.63) is 87.7 Å². The summed E-state index contributed by atoms with van der Waals surface area (Å²) in [4.78, 5) is 23.6. The van der Waals surface area contributed by atoms with Gasteiger partial charge in [-0.25, -0.2) is 4.79 Å². The Hall–Kier alpha value is -4.46. The van der Waals surface area contributed by atoms with E-state index < -0.39 is 11.5 Å². The Balaban J connectivity index is 1.70. The molecular weight excluding hydrogens is 408 g/mol. The number of azo groups is 1. The number of aromatic carboxylic acids is 1. The molecule has 160 valence electrons.